The van der Waals surface area contributed by atoms with Crippen molar-refractivity contribution < 1.29 is 9.90 Å². The normalized spacial score (nSPS) is 13.3. The van der Waals surface area contributed by atoms with Gasteiger partial charge in [-0.05, 0) is 116 Å². The second-order valence-corrected chi connectivity index (χ2v) is 10.0. The van der Waals surface area contributed by atoms with E-state index < -0.39 is 5.97 Å². The van der Waals surface area contributed by atoms with Gasteiger partial charge in [0.15, 0.2) is 0 Å². The van der Waals surface area contributed by atoms with Gasteiger partial charge in [0.25, 0.3) is 0 Å². The smallest absolute Gasteiger partial charge is 0.303 e. The molecule has 190 valence electrons. The summed E-state index contributed by atoms with van der Waals surface area (Å²) in [6, 6.07) is 8.45. The number of hydrogen-bond acceptors (Lipinski definition) is 3. The number of nitrogens with one attached hydrogen (secondary N) is 2. The third-order valence-electron chi connectivity index (χ3n) is 7.74. The Morgan fingerprint density at radius 2 is 1.38 bits per heavy atom. The molecular formula is C31H34N4O2. The first kappa shape index (κ1) is 24.8. The zero-order valence-corrected chi connectivity index (χ0v) is 22.5. The molecule has 6 heteroatoms. The van der Waals surface area contributed by atoms with E-state index in [0.29, 0.717) is 6.42 Å². The Morgan fingerprint density at radius 3 is 2.00 bits per heavy atom. The molecule has 0 aromatic carbocycles. The van der Waals surface area contributed by atoms with E-state index in [-0.39, 0.29) is 6.42 Å². The molecule has 3 N–H and O–H groups in total. The van der Waals surface area contributed by atoms with Crippen molar-refractivity contribution in [1.82, 2.24) is 19.9 Å². The highest BCUT2D eigenvalue weighted by Gasteiger charge is 2.19. The van der Waals surface area contributed by atoms with Gasteiger partial charge >= 0.3 is 5.97 Å². The van der Waals surface area contributed by atoms with Gasteiger partial charge in [-0.3, -0.25) is 4.79 Å². The van der Waals surface area contributed by atoms with Gasteiger partial charge in [0, 0.05) is 28.5 Å². The predicted molar refractivity (Wildman–Crippen MR) is 152 cm³/mol. The van der Waals surface area contributed by atoms with Gasteiger partial charge < -0.3 is 15.1 Å². The number of aromatic amines is 2. The molecule has 2 aliphatic heterocycles. The number of aromatic nitrogens is 4. The van der Waals surface area contributed by atoms with E-state index in [4.69, 9.17) is 9.97 Å². The number of carboxylic acids is 1. The summed E-state index contributed by atoms with van der Waals surface area (Å²) in [6.07, 6.45) is 4.40. The molecule has 37 heavy (non-hydrogen) atoms. The maximum Gasteiger partial charge on any atom is 0.303 e. The van der Waals surface area contributed by atoms with E-state index in [9.17, 15) is 9.90 Å². The highest BCUT2D eigenvalue weighted by Crippen LogP contribution is 2.35. The minimum Gasteiger partial charge on any atom is -0.481 e. The van der Waals surface area contributed by atoms with Gasteiger partial charge in [0.05, 0.1) is 22.8 Å². The van der Waals surface area contributed by atoms with E-state index in [0.717, 1.165) is 74.4 Å². The largest absolute Gasteiger partial charge is 0.481 e. The van der Waals surface area contributed by atoms with E-state index in [1.54, 1.807) is 0 Å². The molecule has 8 bridgehead atoms. The molecule has 0 unspecified atom stereocenters. The number of carbonyl (C=O) groups is 1. The molecule has 3 aromatic heterocycles. The molecule has 3 aromatic rings. The minimum atomic E-state index is -0.810. The van der Waals surface area contributed by atoms with Crippen LogP contribution >= 0.6 is 0 Å². The number of aryl methyl sites for hydroxylation is 4. The molecule has 0 spiro atoms. The summed E-state index contributed by atoms with van der Waals surface area (Å²) in [5, 5.41) is 9.35. The van der Waals surface area contributed by atoms with Crippen LogP contribution in [0.25, 0.3) is 44.9 Å². The van der Waals surface area contributed by atoms with Crippen LogP contribution in [0.4, 0.5) is 0 Å². The van der Waals surface area contributed by atoms with Gasteiger partial charge in [-0.25, -0.2) is 9.97 Å². The van der Waals surface area contributed by atoms with Crippen molar-refractivity contribution in [2.75, 3.05) is 0 Å². The zero-order chi connectivity index (χ0) is 26.4. The molecule has 5 heterocycles. The maximum atomic E-state index is 11.4. The molecule has 0 radical (unpaired) electrons. The third-order valence-corrected chi connectivity index (χ3v) is 7.74. The lowest BCUT2D eigenvalue weighted by atomic mass is 10.0. The van der Waals surface area contributed by atoms with Crippen molar-refractivity contribution in [2.24, 2.45) is 0 Å². The Labute approximate surface area is 217 Å². The molecule has 6 nitrogen and oxygen atoms in total. The quantitative estimate of drug-likeness (QED) is 0.344. The highest BCUT2D eigenvalue weighted by molar-refractivity contribution is 5.94. The second-order valence-electron chi connectivity index (χ2n) is 10.0. The summed E-state index contributed by atoms with van der Waals surface area (Å²) in [7, 11) is 0. The van der Waals surface area contributed by atoms with Crippen LogP contribution in [0.3, 0.4) is 0 Å². The molecule has 2 aliphatic rings. The van der Waals surface area contributed by atoms with Crippen LogP contribution in [0.15, 0.2) is 24.3 Å². The van der Waals surface area contributed by atoms with Crippen molar-refractivity contribution in [3.8, 4) is 0 Å². The fraction of sp³-hybridized carbons (Fsp3) is 0.323. The summed E-state index contributed by atoms with van der Waals surface area (Å²) >= 11 is 0. The first-order valence-electron chi connectivity index (χ1n) is 13.0. The predicted octanol–water partition coefficient (Wildman–Crippen LogP) is 7.41. The maximum absolute atomic E-state index is 11.4. The minimum absolute atomic E-state index is 0.0635. The van der Waals surface area contributed by atoms with Gasteiger partial charge in [-0.15, -0.1) is 0 Å². The van der Waals surface area contributed by atoms with E-state index >= 15 is 0 Å². The van der Waals surface area contributed by atoms with Crippen LogP contribution in [-0.2, 0) is 17.6 Å². The van der Waals surface area contributed by atoms with E-state index in [2.05, 4.69) is 68.9 Å². The van der Waals surface area contributed by atoms with Gasteiger partial charge in [0.1, 0.15) is 0 Å². The number of aliphatic carboxylic acids is 1. The Balaban J connectivity index is 1.91. The molecule has 0 saturated carbocycles. The molecular weight excluding hydrogens is 460 g/mol. The summed E-state index contributed by atoms with van der Waals surface area (Å²) in [6.45, 7) is 12.8. The van der Waals surface area contributed by atoms with Crippen LogP contribution in [0.1, 0.15) is 85.6 Å². The number of carboxylic acid groups (broad SMARTS) is 1. The van der Waals surface area contributed by atoms with Crippen LogP contribution in [0, 0.1) is 13.8 Å². The number of fused-ring (bicyclic) bond motifs is 8. The lowest BCUT2D eigenvalue weighted by Gasteiger charge is -2.02. The molecule has 0 saturated heterocycles. The average Bonchev–Trinajstić information content (AvgIpc) is 3.52. The monoisotopic (exact) mass is 494 g/mol. The van der Waals surface area contributed by atoms with Crippen molar-refractivity contribution in [3.05, 3.63) is 69.3 Å². The van der Waals surface area contributed by atoms with E-state index in [1.165, 1.54) is 22.3 Å². The fourth-order valence-electron chi connectivity index (χ4n) is 5.57. The molecule has 5 rings (SSSR count). The lowest BCUT2D eigenvalue weighted by molar-refractivity contribution is -0.136. The average molecular weight is 495 g/mol. The van der Waals surface area contributed by atoms with Crippen molar-refractivity contribution in [1.29, 1.82) is 0 Å². The SMILES string of the molecule is CCc1c(C)c2cc3[nH]c(cc4nc(cc5nc(cc1[nH]2)C(C)=C5)C(CCC(=O)O)=C4C)c(C)c3CC. The Morgan fingerprint density at radius 1 is 0.784 bits per heavy atom. The number of rotatable bonds is 5. The Hall–Kier alpha value is -3.93. The fourth-order valence-corrected chi connectivity index (χ4v) is 5.57. The lowest BCUT2D eigenvalue weighted by Crippen LogP contribution is -1.95. The van der Waals surface area contributed by atoms with Gasteiger partial charge in [-0.1, -0.05) is 13.8 Å². The first-order valence-corrected chi connectivity index (χ1v) is 13.0. The van der Waals surface area contributed by atoms with Gasteiger partial charge in [0.2, 0.25) is 0 Å². The number of hydrogen-bond donors (Lipinski definition) is 3. The standard InChI is InChI=1S/C31H34N4O2/c1-7-21-18(5)27-15-30-22(8-2)17(4)25(34-30)14-26-19(6)23(9-10-31(36)37)28(33-26)12-20-11-16(3)24(32-20)13-29(21)35-27/h11-15,34-35H,7-10H2,1-6H3,(H,36,37). The molecule has 0 atom stereocenters. The Kier molecular flexibility index (Phi) is 6.36. The number of nitrogens with zero attached hydrogens (tertiary/aromatic N) is 2. The number of H-pyrrole nitrogens is 2. The van der Waals surface area contributed by atoms with Gasteiger partial charge in [-0.2, -0.15) is 0 Å². The van der Waals surface area contributed by atoms with Crippen LogP contribution in [0.2, 0.25) is 0 Å². The van der Waals surface area contributed by atoms with Crippen LogP contribution in [0.5, 0.6) is 0 Å². The molecule has 0 amide bonds. The summed E-state index contributed by atoms with van der Waals surface area (Å²) in [5.41, 5.74) is 15.9. The van der Waals surface area contributed by atoms with Crippen LogP contribution < -0.4 is 0 Å². The van der Waals surface area contributed by atoms with Crippen molar-refractivity contribution in [2.45, 2.75) is 67.2 Å². The zero-order valence-electron chi connectivity index (χ0n) is 22.5. The molecule has 0 aliphatic carbocycles. The topological polar surface area (TPSA) is 94.7 Å². The van der Waals surface area contributed by atoms with Crippen molar-refractivity contribution in [3.63, 3.8) is 0 Å². The van der Waals surface area contributed by atoms with Crippen molar-refractivity contribution >= 4 is 50.8 Å². The van der Waals surface area contributed by atoms with E-state index in [1.807, 2.05) is 13.0 Å². The Bertz CT molecular complexity index is 1660. The summed E-state index contributed by atoms with van der Waals surface area (Å²) in [4.78, 5) is 28.6. The second kappa shape index (κ2) is 9.51. The highest BCUT2D eigenvalue weighted by atomic mass is 16.4. The summed E-state index contributed by atoms with van der Waals surface area (Å²) in [5.74, 6) is -0.810. The third kappa shape index (κ3) is 4.41. The number of allylic oxidation sites excluding steroid dienone is 3. The van der Waals surface area contributed by atoms with Crippen LogP contribution in [-0.4, -0.2) is 31.0 Å². The molecule has 0 fully saturated rings. The first-order chi connectivity index (χ1) is 17.7. The summed E-state index contributed by atoms with van der Waals surface area (Å²) < 4.78 is 0.